The van der Waals surface area contributed by atoms with Gasteiger partial charge < -0.3 is 20.3 Å². The van der Waals surface area contributed by atoms with Crippen LogP contribution < -0.4 is 10.6 Å². The molecule has 1 saturated heterocycles. The lowest BCUT2D eigenvalue weighted by Gasteiger charge is -2.29. The van der Waals surface area contributed by atoms with E-state index in [1.807, 2.05) is 24.4 Å². The lowest BCUT2D eigenvalue weighted by Crippen LogP contribution is -2.43. The fraction of sp³-hybridized carbons (Fsp3) is 0.474. The Bertz CT molecular complexity index is 779. The molecule has 2 aromatic heterocycles. The highest BCUT2D eigenvalue weighted by atomic mass is 16.5. The Morgan fingerprint density at radius 2 is 2.15 bits per heavy atom. The van der Waals surface area contributed by atoms with Crippen LogP contribution in [0.3, 0.4) is 0 Å². The smallest absolute Gasteiger partial charge is 0.318 e. The summed E-state index contributed by atoms with van der Waals surface area (Å²) in [6, 6.07) is 5.92. The molecule has 0 spiro atoms. The van der Waals surface area contributed by atoms with Gasteiger partial charge in [0.25, 0.3) is 0 Å². The van der Waals surface area contributed by atoms with Crippen LogP contribution >= 0.6 is 0 Å². The summed E-state index contributed by atoms with van der Waals surface area (Å²) >= 11 is 0. The number of nitrogens with zero attached hydrogens (tertiary/aromatic N) is 4. The minimum atomic E-state index is -0.0937. The van der Waals surface area contributed by atoms with Crippen molar-refractivity contribution < 1.29 is 9.53 Å². The predicted molar refractivity (Wildman–Crippen MR) is 100 cm³/mol. The number of urea groups is 1. The molecule has 2 amide bonds. The molecule has 0 atom stereocenters. The summed E-state index contributed by atoms with van der Waals surface area (Å²) in [5, 5.41) is 6.32. The van der Waals surface area contributed by atoms with Crippen LogP contribution in [0.2, 0.25) is 0 Å². The molecule has 2 N–H and O–H groups in total. The molecule has 0 unspecified atom stereocenters. The summed E-state index contributed by atoms with van der Waals surface area (Å²) in [7, 11) is 0. The van der Waals surface area contributed by atoms with Gasteiger partial charge in [0.15, 0.2) is 0 Å². The fourth-order valence-corrected chi connectivity index (χ4v) is 3.35. The Morgan fingerprint density at radius 1 is 1.26 bits per heavy atom. The fourth-order valence-electron chi connectivity index (χ4n) is 3.35. The average molecular weight is 368 g/mol. The number of hydrogen-bond donors (Lipinski definition) is 2. The maximum Gasteiger partial charge on any atom is 0.318 e. The Hall–Kier alpha value is -2.74. The number of ether oxygens (including phenoxy) is 1. The van der Waals surface area contributed by atoms with Crippen molar-refractivity contribution in [1.82, 2.24) is 25.2 Å². The Kier molecular flexibility index (Phi) is 5.43. The van der Waals surface area contributed by atoms with E-state index >= 15 is 0 Å². The second kappa shape index (κ2) is 8.30. The predicted octanol–water partition coefficient (Wildman–Crippen LogP) is 1.73. The third-order valence-electron chi connectivity index (χ3n) is 4.93. The SMILES string of the molecule is O=C(NCc1ccccn1)N1CCc2cnc(NC3CCOCC3)nc2C1. The van der Waals surface area contributed by atoms with Crippen LogP contribution in [0.15, 0.2) is 30.6 Å². The minimum absolute atomic E-state index is 0.0937. The second-order valence-corrected chi connectivity index (χ2v) is 6.85. The highest BCUT2D eigenvalue weighted by molar-refractivity contribution is 5.74. The van der Waals surface area contributed by atoms with Gasteiger partial charge in [0, 0.05) is 38.2 Å². The van der Waals surface area contributed by atoms with Gasteiger partial charge in [-0.15, -0.1) is 0 Å². The first kappa shape index (κ1) is 17.7. The van der Waals surface area contributed by atoms with Gasteiger partial charge in [-0.3, -0.25) is 4.98 Å². The van der Waals surface area contributed by atoms with Gasteiger partial charge in [0.05, 0.1) is 24.5 Å². The maximum atomic E-state index is 12.5. The highest BCUT2D eigenvalue weighted by Crippen LogP contribution is 2.19. The topological polar surface area (TPSA) is 92.3 Å². The number of anilines is 1. The minimum Gasteiger partial charge on any atom is -0.381 e. The van der Waals surface area contributed by atoms with E-state index in [0.717, 1.165) is 49.4 Å². The van der Waals surface area contributed by atoms with Gasteiger partial charge in [0.2, 0.25) is 5.95 Å². The van der Waals surface area contributed by atoms with Crippen molar-refractivity contribution in [2.24, 2.45) is 0 Å². The normalized spacial score (nSPS) is 17.3. The molecular formula is C19H24N6O2. The average Bonchev–Trinajstić information content (AvgIpc) is 2.73. The molecule has 4 heterocycles. The lowest BCUT2D eigenvalue weighted by atomic mass is 10.1. The van der Waals surface area contributed by atoms with Crippen LogP contribution in [0.5, 0.6) is 0 Å². The molecule has 142 valence electrons. The van der Waals surface area contributed by atoms with Crippen LogP contribution in [-0.2, 0) is 24.2 Å². The number of rotatable bonds is 4. The molecular weight excluding hydrogens is 344 g/mol. The first-order valence-corrected chi connectivity index (χ1v) is 9.40. The van der Waals surface area contributed by atoms with Crippen molar-refractivity contribution in [2.45, 2.75) is 38.4 Å². The first-order chi connectivity index (χ1) is 13.3. The van der Waals surface area contributed by atoms with Gasteiger partial charge in [0.1, 0.15) is 0 Å². The largest absolute Gasteiger partial charge is 0.381 e. The summed E-state index contributed by atoms with van der Waals surface area (Å²) in [5.41, 5.74) is 2.87. The molecule has 4 rings (SSSR count). The number of carbonyl (C=O) groups is 1. The van der Waals surface area contributed by atoms with Gasteiger partial charge in [-0.1, -0.05) is 6.07 Å². The van der Waals surface area contributed by atoms with Gasteiger partial charge in [-0.05, 0) is 37.0 Å². The van der Waals surface area contributed by atoms with Gasteiger partial charge in [-0.25, -0.2) is 14.8 Å². The van der Waals surface area contributed by atoms with Gasteiger partial charge in [-0.2, -0.15) is 0 Å². The molecule has 0 bridgehead atoms. The number of fused-ring (bicyclic) bond motifs is 1. The van der Waals surface area contributed by atoms with E-state index in [2.05, 4.69) is 25.6 Å². The number of nitrogens with one attached hydrogen (secondary N) is 2. The van der Waals surface area contributed by atoms with Crippen molar-refractivity contribution >= 4 is 12.0 Å². The summed E-state index contributed by atoms with van der Waals surface area (Å²) in [5.74, 6) is 0.636. The summed E-state index contributed by atoms with van der Waals surface area (Å²) in [6.45, 7) is 3.12. The van der Waals surface area contributed by atoms with Crippen LogP contribution in [0.4, 0.5) is 10.7 Å². The Labute approximate surface area is 158 Å². The summed E-state index contributed by atoms with van der Waals surface area (Å²) < 4.78 is 5.39. The van der Waals surface area contributed by atoms with Crippen LogP contribution in [-0.4, -0.2) is 51.7 Å². The van der Waals surface area contributed by atoms with E-state index in [9.17, 15) is 4.79 Å². The van der Waals surface area contributed by atoms with Crippen molar-refractivity contribution in [3.8, 4) is 0 Å². The molecule has 27 heavy (non-hydrogen) atoms. The quantitative estimate of drug-likeness (QED) is 0.854. The highest BCUT2D eigenvalue weighted by Gasteiger charge is 2.23. The van der Waals surface area contributed by atoms with Crippen molar-refractivity contribution in [2.75, 3.05) is 25.1 Å². The zero-order chi connectivity index (χ0) is 18.5. The van der Waals surface area contributed by atoms with E-state index in [-0.39, 0.29) is 6.03 Å². The maximum absolute atomic E-state index is 12.5. The molecule has 0 aliphatic carbocycles. The van der Waals surface area contributed by atoms with Gasteiger partial charge >= 0.3 is 6.03 Å². The monoisotopic (exact) mass is 368 g/mol. The molecule has 2 aliphatic rings. The number of pyridine rings is 1. The van der Waals surface area contributed by atoms with Crippen molar-refractivity contribution in [3.05, 3.63) is 47.5 Å². The number of aromatic nitrogens is 3. The molecule has 0 saturated carbocycles. The molecule has 0 aromatic carbocycles. The second-order valence-electron chi connectivity index (χ2n) is 6.85. The van der Waals surface area contributed by atoms with Crippen LogP contribution in [0.1, 0.15) is 29.8 Å². The first-order valence-electron chi connectivity index (χ1n) is 9.40. The lowest BCUT2D eigenvalue weighted by molar-refractivity contribution is 0.0903. The van der Waals surface area contributed by atoms with Crippen molar-refractivity contribution in [3.63, 3.8) is 0 Å². The number of hydrogen-bond acceptors (Lipinski definition) is 6. The third-order valence-corrected chi connectivity index (χ3v) is 4.93. The molecule has 0 radical (unpaired) electrons. The standard InChI is InChI=1S/C19H24N6O2/c26-19(22-12-16-3-1-2-7-20-16)25-8-4-14-11-21-18(24-17(14)13-25)23-15-5-9-27-10-6-15/h1-3,7,11,15H,4-6,8-10,12-13H2,(H,22,26)(H,21,23,24). The van der Waals surface area contributed by atoms with Crippen LogP contribution in [0, 0.1) is 0 Å². The summed E-state index contributed by atoms with van der Waals surface area (Å²) in [4.78, 5) is 27.6. The Morgan fingerprint density at radius 3 is 2.96 bits per heavy atom. The number of carbonyl (C=O) groups excluding carboxylic acids is 1. The molecule has 2 aliphatic heterocycles. The molecule has 1 fully saturated rings. The van der Waals surface area contributed by atoms with E-state index < -0.39 is 0 Å². The Balaban J connectivity index is 1.36. The van der Waals surface area contributed by atoms with Crippen LogP contribution in [0.25, 0.3) is 0 Å². The molecule has 2 aromatic rings. The third kappa shape index (κ3) is 4.51. The summed E-state index contributed by atoms with van der Waals surface area (Å²) in [6.07, 6.45) is 6.30. The van der Waals surface area contributed by atoms with E-state index in [1.54, 1.807) is 11.1 Å². The zero-order valence-electron chi connectivity index (χ0n) is 15.2. The molecule has 8 nitrogen and oxygen atoms in total. The van der Waals surface area contributed by atoms with E-state index in [0.29, 0.717) is 31.6 Å². The van der Waals surface area contributed by atoms with E-state index in [1.165, 1.54) is 0 Å². The van der Waals surface area contributed by atoms with Crippen molar-refractivity contribution in [1.29, 1.82) is 0 Å². The number of amides is 2. The zero-order valence-corrected chi connectivity index (χ0v) is 15.2. The molecule has 8 heteroatoms. The van der Waals surface area contributed by atoms with E-state index in [4.69, 9.17) is 4.74 Å².